The molecule has 1 atom stereocenters. The van der Waals surface area contributed by atoms with E-state index in [2.05, 4.69) is 5.43 Å². The summed E-state index contributed by atoms with van der Waals surface area (Å²) in [7, 11) is 1.75. The Morgan fingerprint density at radius 1 is 1.37 bits per heavy atom. The first-order chi connectivity index (χ1) is 9.20. The molecule has 0 saturated heterocycles. The molecule has 0 aliphatic heterocycles. The van der Waals surface area contributed by atoms with E-state index in [1.54, 1.807) is 19.2 Å². The zero-order chi connectivity index (χ0) is 13.7. The molecule has 19 heavy (non-hydrogen) atoms. The number of methoxy groups -OCH3 is 1. The molecule has 2 rings (SSSR count). The van der Waals surface area contributed by atoms with Gasteiger partial charge in [-0.05, 0) is 37.0 Å². The molecule has 0 aromatic heterocycles. The lowest BCUT2D eigenvalue weighted by atomic mass is 9.77. The van der Waals surface area contributed by atoms with Crippen LogP contribution in [0.1, 0.15) is 37.7 Å². The van der Waals surface area contributed by atoms with Gasteiger partial charge >= 0.3 is 0 Å². The minimum Gasteiger partial charge on any atom is -0.377 e. The van der Waals surface area contributed by atoms with Crippen molar-refractivity contribution in [2.75, 3.05) is 7.11 Å². The lowest BCUT2D eigenvalue weighted by molar-refractivity contribution is -0.0674. The molecular weight excluding hydrogens is 243 g/mol. The van der Waals surface area contributed by atoms with Gasteiger partial charge in [-0.2, -0.15) is 0 Å². The molecular formula is C15H23FN2O. The van der Waals surface area contributed by atoms with E-state index < -0.39 is 0 Å². The molecule has 0 heterocycles. The summed E-state index contributed by atoms with van der Waals surface area (Å²) in [5.41, 5.74) is 3.61. The molecule has 1 unspecified atom stereocenters. The molecule has 0 spiro atoms. The third kappa shape index (κ3) is 3.32. The van der Waals surface area contributed by atoms with Crippen molar-refractivity contribution >= 4 is 0 Å². The Bertz CT molecular complexity index is 405. The van der Waals surface area contributed by atoms with Crippen LogP contribution in [-0.2, 0) is 11.2 Å². The van der Waals surface area contributed by atoms with Crippen LogP contribution in [0.25, 0.3) is 0 Å². The van der Waals surface area contributed by atoms with Crippen LogP contribution in [0.15, 0.2) is 24.3 Å². The fraction of sp³-hybridized carbons (Fsp3) is 0.600. The second-order valence-electron chi connectivity index (χ2n) is 5.38. The fourth-order valence-electron chi connectivity index (χ4n) is 3.14. The minimum absolute atomic E-state index is 0.0135. The fourth-order valence-corrected chi connectivity index (χ4v) is 3.14. The monoisotopic (exact) mass is 266 g/mol. The highest BCUT2D eigenvalue weighted by atomic mass is 19.1. The van der Waals surface area contributed by atoms with Gasteiger partial charge in [0.25, 0.3) is 0 Å². The van der Waals surface area contributed by atoms with Crippen LogP contribution in [0.5, 0.6) is 0 Å². The van der Waals surface area contributed by atoms with E-state index in [9.17, 15) is 4.39 Å². The van der Waals surface area contributed by atoms with Crippen LogP contribution in [0.2, 0.25) is 0 Å². The van der Waals surface area contributed by atoms with Crippen LogP contribution in [-0.4, -0.2) is 18.8 Å². The zero-order valence-corrected chi connectivity index (χ0v) is 11.5. The maximum Gasteiger partial charge on any atom is 0.123 e. The Morgan fingerprint density at radius 2 is 2.11 bits per heavy atom. The maximum atomic E-state index is 13.3. The molecule has 0 radical (unpaired) electrons. The van der Waals surface area contributed by atoms with E-state index in [-0.39, 0.29) is 17.5 Å². The van der Waals surface area contributed by atoms with Crippen molar-refractivity contribution in [1.29, 1.82) is 0 Å². The highest BCUT2D eigenvalue weighted by Gasteiger charge is 2.39. The van der Waals surface area contributed by atoms with Gasteiger partial charge < -0.3 is 4.74 Å². The van der Waals surface area contributed by atoms with Gasteiger partial charge in [-0.25, -0.2) is 4.39 Å². The van der Waals surface area contributed by atoms with Gasteiger partial charge in [0.05, 0.1) is 11.6 Å². The lowest BCUT2D eigenvalue weighted by Crippen LogP contribution is -2.56. The van der Waals surface area contributed by atoms with E-state index in [1.165, 1.54) is 12.5 Å². The Hall–Kier alpha value is -0.970. The van der Waals surface area contributed by atoms with Gasteiger partial charge in [-0.3, -0.25) is 11.3 Å². The van der Waals surface area contributed by atoms with Crippen LogP contribution >= 0.6 is 0 Å². The molecule has 3 N–H and O–H groups in total. The van der Waals surface area contributed by atoms with Gasteiger partial charge in [0.15, 0.2) is 0 Å². The number of rotatable bonds is 5. The predicted octanol–water partition coefficient (Wildman–Crippen LogP) is 2.55. The summed E-state index contributed by atoms with van der Waals surface area (Å²) in [5.74, 6) is 5.52. The molecule has 4 heteroatoms. The molecule has 106 valence electrons. The van der Waals surface area contributed by atoms with Crippen LogP contribution in [0.3, 0.4) is 0 Å². The van der Waals surface area contributed by atoms with Gasteiger partial charge in [-0.15, -0.1) is 0 Å². The Morgan fingerprint density at radius 3 is 2.68 bits per heavy atom. The molecule has 0 bridgehead atoms. The van der Waals surface area contributed by atoms with Crippen molar-refractivity contribution < 1.29 is 9.13 Å². The highest BCUT2D eigenvalue weighted by molar-refractivity contribution is 5.18. The normalized spacial score (nSPS) is 20.2. The SMILES string of the molecule is COC1(C(Cc2cccc(F)c2)NN)CCCCC1. The Kier molecular flexibility index (Phi) is 4.91. The first-order valence-electron chi connectivity index (χ1n) is 6.96. The topological polar surface area (TPSA) is 47.3 Å². The third-order valence-corrected chi connectivity index (χ3v) is 4.27. The van der Waals surface area contributed by atoms with Gasteiger partial charge in [0.2, 0.25) is 0 Å². The number of benzene rings is 1. The Balaban J connectivity index is 2.14. The lowest BCUT2D eigenvalue weighted by Gasteiger charge is -2.42. The van der Waals surface area contributed by atoms with Crippen molar-refractivity contribution in [2.24, 2.45) is 5.84 Å². The van der Waals surface area contributed by atoms with E-state index in [0.717, 1.165) is 31.2 Å². The minimum atomic E-state index is -0.223. The molecule has 1 saturated carbocycles. The van der Waals surface area contributed by atoms with Crippen molar-refractivity contribution in [1.82, 2.24) is 5.43 Å². The average molecular weight is 266 g/mol. The molecule has 1 aliphatic carbocycles. The number of ether oxygens (including phenoxy) is 1. The quantitative estimate of drug-likeness (QED) is 0.636. The van der Waals surface area contributed by atoms with Crippen molar-refractivity contribution in [2.45, 2.75) is 50.2 Å². The molecule has 3 nitrogen and oxygen atoms in total. The second kappa shape index (κ2) is 6.46. The van der Waals surface area contributed by atoms with Gasteiger partial charge in [-0.1, -0.05) is 31.4 Å². The first-order valence-corrected chi connectivity index (χ1v) is 6.96. The van der Waals surface area contributed by atoms with E-state index >= 15 is 0 Å². The molecule has 1 aromatic rings. The van der Waals surface area contributed by atoms with E-state index in [0.29, 0.717) is 6.42 Å². The average Bonchev–Trinajstić information content (AvgIpc) is 2.45. The molecule has 0 amide bonds. The molecule has 1 aromatic carbocycles. The molecule has 1 fully saturated rings. The summed E-state index contributed by atoms with van der Waals surface area (Å²) in [6.45, 7) is 0. The number of nitrogens with two attached hydrogens (primary N) is 1. The smallest absolute Gasteiger partial charge is 0.123 e. The first kappa shape index (κ1) is 14.4. The number of hydrogen-bond donors (Lipinski definition) is 2. The maximum absolute atomic E-state index is 13.3. The number of halogens is 1. The summed E-state index contributed by atoms with van der Waals surface area (Å²) in [4.78, 5) is 0. The number of hydrazine groups is 1. The summed E-state index contributed by atoms with van der Waals surface area (Å²) in [5, 5.41) is 0. The largest absolute Gasteiger partial charge is 0.377 e. The van der Waals surface area contributed by atoms with Gasteiger partial charge in [0.1, 0.15) is 5.82 Å². The van der Waals surface area contributed by atoms with Crippen LogP contribution in [0.4, 0.5) is 4.39 Å². The van der Waals surface area contributed by atoms with Crippen molar-refractivity contribution in [3.8, 4) is 0 Å². The predicted molar refractivity (Wildman–Crippen MR) is 74.0 cm³/mol. The van der Waals surface area contributed by atoms with E-state index in [4.69, 9.17) is 10.6 Å². The summed E-state index contributed by atoms with van der Waals surface area (Å²) >= 11 is 0. The van der Waals surface area contributed by atoms with Crippen LogP contribution in [0, 0.1) is 5.82 Å². The highest BCUT2D eigenvalue weighted by Crippen LogP contribution is 2.35. The zero-order valence-electron chi connectivity index (χ0n) is 11.5. The standard InChI is InChI=1S/C15H23FN2O/c1-19-15(8-3-2-4-9-15)14(18-17)11-12-6-5-7-13(16)10-12/h5-7,10,14,18H,2-4,8-9,11,17H2,1H3. The van der Waals surface area contributed by atoms with Crippen molar-refractivity contribution in [3.63, 3.8) is 0 Å². The van der Waals surface area contributed by atoms with Gasteiger partial charge in [0, 0.05) is 7.11 Å². The number of nitrogens with one attached hydrogen (secondary N) is 1. The van der Waals surface area contributed by atoms with Crippen molar-refractivity contribution in [3.05, 3.63) is 35.6 Å². The number of hydrogen-bond acceptors (Lipinski definition) is 3. The molecule has 1 aliphatic rings. The summed E-state index contributed by atoms with van der Waals surface area (Å²) in [6.07, 6.45) is 6.27. The summed E-state index contributed by atoms with van der Waals surface area (Å²) in [6, 6.07) is 6.70. The Labute approximate surface area is 114 Å². The summed E-state index contributed by atoms with van der Waals surface area (Å²) < 4.78 is 19.1. The van der Waals surface area contributed by atoms with E-state index in [1.807, 2.05) is 6.07 Å². The third-order valence-electron chi connectivity index (χ3n) is 4.27. The van der Waals surface area contributed by atoms with Crippen LogP contribution < -0.4 is 11.3 Å². The second-order valence-corrected chi connectivity index (χ2v) is 5.38.